The van der Waals surface area contributed by atoms with E-state index in [-0.39, 0.29) is 5.91 Å². The zero-order valence-corrected chi connectivity index (χ0v) is 12.4. The Morgan fingerprint density at radius 3 is 2.74 bits per heavy atom. The zero-order valence-electron chi connectivity index (χ0n) is 12.4. The lowest BCUT2D eigenvalue weighted by Gasteiger charge is -2.17. The molecule has 0 saturated heterocycles. The molecule has 0 atom stereocenters. The SMILES string of the molecule is CNCCCN(C)CC(=O)Nc1cccc(C)c1C. The predicted molar refractivity (Wildman–Crippen MR) is 80.6 cm³/mol. The van der Waals surface area contributed by atoms with Crippen molar-refractivity contribution in [3.05, 3.63) is 29.3 Å². The summed E-state index contributed by atoms with van der Waals surface area (Å²) in [4.78, 5) is 14.0. The molecule has 0 fully saturated rings. The van der Waals surface area contributed by atoms with Crippen LogP contribution < -0.4 is 10.6 Å². The third-order valence-corrected chi connectivity index (χ3v) is 3.26. The first-order valence-corrected chi connectivity index (χ1v) is 6.73. The van der Waals surface area contributed by atoms with Gasteiger partial charge in [-0.15, -0.1) is 0 Å². The highest BCUT2D eigenvalue weighted by Crippen LogP contribution is 2.17. The van der Waals surface area contributed by atoms with Crippen LogP contribution >= 0.6 is 0 Å². The van der Waals surface area contributed by atoms with Crippen LogP contribution in [0.1, 0.15) is 17.5 Å². The molecule has 1 aromatic carbocycles. The lowest BCUT2D eigenvalue weighted by molar-refractivity contribution is -0.117. The van der Waals surface area contributed by atoms with E-state index in [4.69, 9.17) is 0 Å². The molecule has 1 amide bonds. The van der Waals surface area contributed by atoms with Crippen LogP contribution in [0.2, 0.25) is 0 Å². The average molecular weight is 263 g/mol. The van der Waals surface area contributed by atoms with Crippen molar-refractivity contribution in [3.63, 3.8) is 0 Å². The summed E-state index contributed by atoms with van der Waals surface area (Å²) in [5, 5.41) is 6.08. The zero-order chi connectivity index (χ0) is 14.3. The van der Waals surface area contributed by atoms with Crippen LogP contribution in [0.4, 0.5) is 5.69 Å². The fourth-order valence-corrected chi connectivity index (χ4v) is 1.93. The number of nitrogens with one attached hydrogen (secondary N) is 2. The summed E-state index contributed by atoms with van der Waals surface area (Å²) in [5.41, 5.74) is 3.24. The minimum absolute atomic E-state index is 0.0423. The van der Waals surface area contributed by atoms with E-state index >= 15 is 0 Å². The number of hydrogen-bond acceptors (Lipinski definition) is 3. The van der Waals surface area contributed by atoms with Crippen molar-refractivity contribution in [2.24, 2.45) is 0 Å². The van der Waals surface area contributed by atoms with Gasteiger partial charge in [0.05, 0.1) is 6.54 Å². The highest BCUT2D eigenvalue weighted by atomic mass is 16.2. The predicted octanol–water partition coefficient (Wildman–Crippen LogP) is 1.78. The highest BCUT2D eigenvalue weighted by Gasteiger charge is 2.08. The van der Waals surface area contributed by atoms with Gasteiger partial charge in [-0.25, -0.2) is 0 Å². The van der Waals surface area contributed by atoms with Gasteiger partial charge in [0.1, 0.15) is 0 Å². The number of nitrogens with zero attached hydrogens (tertiary/aromatic N) is 1. The van der Waals surface area contributed by atoms with Gasteiger partial charge < -0.3 is 10.6 Å². The first kappa shape index (κ1) is 15.7. The largest absolute Gasteiger partial charge is 0.325 e. The summed E-state index contributed by atoms with van der Waals surface area (Å²) in [5.74, 6) is 0.0423. The second-order valence-electron chi connectivity index (χ2n) is 4.99. The lowest BCUT2D eigenvalue weighted by atomic mass is 10.1. The monoisotopic (exact) mass is 263 g/mol. The van der Waals surface area contributed by atoms with Crippen LogP contribution in [0.25, 0.3) is 0 Å². The van der Waals surface area contributed by atoms with E-state index in [9.17, 15) is 4.79 Å². The molecule has 19 heavy (non-hydrogen) atoms. The van der Waals surface area contributed by atoms with Crippen LogP contribution in [-0.2, 0) is 4.79 Å². The van der Waals surface area contributed by atoms with Crippen molar-refractivity contribution >= 4 is 11.6 Å². The third-order valence-electron chi connectivity index (χ3n) is 3.26. The van der Waals surface area contributed by atoms with Crippen LogP contribution in [0.3, 0.4) is 0 Å². The van der Waals surface area contributed by atoms with Gasteiger partial charge in [-0.3, -0.25) is 9.69 Å². The van der Waals surface area contributed by atoms with Gasteiger partial charge in [-0.1, -0.05) is 12.1 Å². The van der Waals surface area contributed by atoms with E-state index in [1.165, 1.54) is 5.56 Å². The fraction of sp³-hybridized carbons (Fsp3) is 0.533. The molecule has 0 aliphatic rings. The first-order valence-electron chi connectivity index (χ1n) is 6.73. The Bertz CT molecular complexity index is 418. The van der Waals surface area contributed by atoms with Gasteiger partial charge >= 0.3 is 0 Å². The number of aryl methyl sites for hydroxylation is 1. The Morgan fingerprint density at radius 1 is 1.32 bits per heavy atom. The van der Waals surface area contributed by atoms with Gasteiger partial charge in [0.2, 0.25) is 5.91 Å². The summed E-state index contributed by atoms with van der Waals surface area (Å²) in [6.07, 6.45) is 1.05. The molecule has 4 heteroatoms. The van der Waals surface area contributed by atoms with Crippen molar-refractivity contribution in [2.75, 3.05) is 39.0 Å². The minimum atomic E-state index is 0.0423. The summed E-state index contributed by atoms with van der Waals surface area (Å²) in [7, 11) is 3.91. The Balaban J connectivity index is 2.44. The number of carbonyl (C=O) groups is 1. The number of benzene rings is 1. The maximum atomic E-state index is 12.0. The Hall–Kier alpha value is -1.39. The molecule has 2 N–H and O–H groups in total. The summed E-state index contributed by atoms with van der Waals surface area (Å²) in [6, 6.07) is 5.96. The molecule has 106 valence electrons. The standard InChI is InChI=1S/C15H25N3O/c1-12-7-5-8-14(13(12)2)17-15(19)11-18(4)10-6-9-16-3/h5,7-8,16H,6,9-11H2,1-4H3,(H,17,19). The number of carbonyl (C=O) groups excluding carboxylic acids is 1. The van der Waals surface area contributed by atoms with E-state index in [0.717, 1.165) is 30.8 Å². The molecule has 0 spiro atoms. The molecule has 0 heterocycles. The lowest BCUT2D eigenvalue weighted by Crippen LogP contribution is -2.32. The molecule has 0 unspecified atom stereocenters. The normalized spacial score (nSPS) is 10.8. The molecule has 1 aromatic rings. The van der Waals surface area contributed by atoms with Gasteiger partial charge in [0.15, 0.2) is 0 Å². The van der Waals surface area contributed by atoms with Crippen molar-refractivity contribution in [3.8, 4) is 0 Å². The molecule has 4 nitrogen and oxygen atoms in total. The maximum Gasteiger partial charge on any atom is 0.238 e. The third kappa shape index (κ3) is 5.41. The molecule has 0 saturated carbocycles. The Kier molecular flexibility index (Phi) is 6.53. The van der Waals surface area contributed by atoms with E-state index in [2.05, 4.69) is 23.6 Å². The van der Waals surface area contributed by atoms with Gasteiger partial charge in [0, 0.05) is 5.69 Å². The highest BCUT2D eigenvalue weighted by molar-refractivity contribution is 5.93. The van der Waals surface area contributed by atoms with E-state index in [1.807, 2.05) is 38.1 Å². The van der Waals surface area contributed by atoms with Crippen molar-refractivity contribution in [1.82, 2.24) is 10.2 Å². The second kappa shape index (κ2) is 7.92. The minimum Gasteiger partial charge on any atom is -0.325 e. The van der Waals surface area contributed by atoms with Crippen molar-refractivity contribution in [1.29, 1.82) is 0 Å². The Labute approximate surface area is 116 Å². The summed E-state index contributed by atoms with van der Waals surface area (Å²) < 4.78 is 0. The van der Waals surface area contributed by atoms with Gasteiger partial charge in [0.25, 0.3) is 0 Å². The first-order chi connectivity index (χ1) is 9.04. The van der Waals surface area contributed by atoms with Crippen molar-refractivity contribution < 1.29 is 4.79 Å². The van der Waals surface area contributed by atoms with Crippen molar-refractivity contribution in [2.45, 2.75) is 20.3 Å². The molecular formula is C15H25N3O. The number of hydrogen-bond donors (Lipinski definition) is 2. The van der Waals surface area contributed by atoms with Crippen LogP contribution in [0.15, 0.2) is 18.2 Å². The van der Waals surface area contributed by atoms with Gasteiger partial charge in [-0.2, -0.15) is 0 Å². The molecular weight excluding hydrogens is 238 g/mol. The average Bonchev–Trinajstić information content (AvgIpc) is 2.35. The number of amides is 1. The number of rotatable bonds is 7. The molecule has 0 aliphatic carbocycles. The topological polar surface area (TPSA) is 44.4 Å². The van der Waals surface area contributed by atoms with E-state index in [1.54, 1.807) is 0 Å². The van der Waals surface area contributed by atoms with E-state index in [0.29, 0.717) is 6.54 Å². The number of likely N-dealkylation sites (N-methyl/N-ethyl adjacent to an activating group) is 1. The quantitative estimate of drug-likeness (QED) is 0.737. The Morgan fingerprint density at radius 2 is 2.05 bits per heavy atom. The van der Waals surface area contributed by atoms with Crippen LogP contribution in [-0.4, -0.2) is 44.5 Å². The van der Waals surface area contributed by atoms with Crippen LogP contribution in [0, 0.1) is 13.8 Å². The van der Waals surface area contributed by atoms with Crippen LogP contribution in [0.5, 0.6) is 0 Å². The number of anilines is 1. The second-order valence-corrected chi connectivity index (χ2v) is 4.99. The molecule has 0 bridgehead atoms. The fourth-order valence-electron chi connectivity index (χ4n) is 1.93. The van der Waals surface area contributed by atoms with E-state index < -0.39 is 0 Å². The maximum absolute atomic E-state index is 12.0. The smallest absolute Gasteiger partial charge is 0.238 e. The summed E-state index contributed by atoms with van der Waals surface area (Å²) >= 11 is 0. The molecule has 0 radical (unpaired) electrons. The molecule has 1 rings (SSSR count). The molecule has 0 aliphatic heterocycles. The van der Waals surface area contributed by atoms with Gasteiger partial charge in [-0.05, 0) is 64.6 Å². The summed E-state index contributed by atoms with van der Waals surface area (Å²) in [6.45, 7) is 6.40. The molecule has 0 aromatic heterocycles.